The van der Waals surface area contributed by atoms with Crippen molar-refractivity contribution in [3.8, 4) is 22.5 Å². The number of fused-ring (bicyclic) bond motifs is 2. The number of carbonyl (C=O) groups excluding carboxylic acids is 1. The minimum atomic E-state index is -0.304. The molecule has 3 N–H and O–H groups in total. The number of benzene rings is 3. The topological polar surface area (TPSA) is 78.1 Å². The Hall–Kier alpha value is -3.38. The average molecular weight is 410 g/mol. The second-order valence-electron chi connectivity index (χ2n) is 6.49. The van der Waals surface area contributed by atoms with Gasteiger partial charge in [0.1, 0.15) is 23.0 Å². The summed E-state index contributed by atoms with van der Waals surface area (Å²) >= 11 is 5.47. The summed E-state index contributed by atoms with van der Waals surface area (Å²) in [7, 11) is 0. The van der Waals surface area contributed by atoms with E-state index in [4.69, 9.17) is 21.4 Å². The van der Waals surface area contributed by atoms with Crippen LogP contribution in [0.2, 0.25) is 0 Å². The van der Waals surface area contributed by atoms with Crippen molar-refractivity contribution in [3.05, 3.63) is 71.8 Å². The normalized spacial score (nSPS) is 11.0. The summed E-state index contributed by atoms with van der Waals surface area (Å²) < 4.78 is 19.5. The van der Waals surface area contributed by atoms with Crippen LogP contribution in [0.5, 0.6) is 0 Å². The van der Waals surface area contributed by atoms with Gasteiger partial charge in [0, 0.05) is 34.3 Å². The van der Waals surface area contributed by atoms with Crippen LogP contribution in [0.1, 0.15) is 0 Å². The van der Waals surface area contributed by atoms with E-state index in [0.29, 0.717) is 16.7 Å². The first kappa shape index (κ1) is 19.0. The molecule has 0 saturated heterocycles. The summed E-state index contributed by atoms with van der Waals surface area (Å²) in [4.78, 5) is 11.3. The highest BCUT2D eigenvalue weighted by Gasteiger charge is 2.17. The van der Waals surface area contributed by atoms with Gasteiger partial charge >= 0.3 is 0 Å². The summed E-state index contributed by atoms with van der Waals surface area (Å²) in [5.74, 6) is -0.104. The van der Waals surface area contributed by atoms with Crippen LogP contribution in [0.25, 0.3) is 33.4 Å². The zero-order valence-corrected chi connectivity index (χ0v) is 16.0. The molecule has 2 aromatic rings. The molecule has 0 aromatic heterocycles. The highest BCUT2D eigenvalue weighted by molar-refractivity contribution is 6.27. The van der Waals surface area contributed by atoms with Crippen LogP contribution in [0, 0.1) is 11.2 Å². The largest absolute Gasteiger partial charge is 0.456 e. The number of amides is 1. The number of alkyl halides is 1. The van der Waals surface area contributed by atoms with E-state index in [1.807, 2.05) is 24.3 Å². The quantitative estimate of drug-likeness (QED) is 0.257. The molecule has 0 unspecified atom stereocenters. The fourth-order valence-corrected chi connectivity index (χ4v) is 3.31. The van der Waals surface area contributed by atoms with Crippen LogP contribution < -0.4 is 16.0 Å². The van der Waals surface area contributed by atoms with E-state index in [0.717, 1.165) is 27.8 Å². The minimum absolute atomic E-state index is 0.1000. The molecule has 0 bridgehead atoms. The van der Waals surface area contributed by atoms with Gasteiger partial charge in [-0.15, -0.1) is 11.6 Å². The fraction of sp³-hybridized carbons (Fsp3) is 0.0909. The van der Waals surface area contributed by atoms with Crippen molar-refractivity contribution in [2.45, 2.75) is 0 Å². The number of halogens is 2. The van der Waals surface area contributed by atoms with Crippen molar-refractivity contribution in [3.63, 3.8) is 0 Å². The van der Waals surface area contributed by atoms with Gasteiger partial charge < -0.3 is 20.5 Å². The Bertz CT molecular complexity index is 1220. The Kier molecular flexibility index (Phi) is 5.18. The average Bonchev–Trinajstić information content (AvgIpc) is 2.72. The molecule has 4 rings (SSSR count). The van der Waals surface area contributed by atoms with Crippen LogP contribution >= 0.6 is 11.6 Å². The third kappa shape index (κ3) is 3.93. The zero-order valence-electron chi connectivity index (χ0n) is 15.3. The van der Waals surface area contributed by atoms with E-state index in [-0.39, 0.29) is 24.3 Å². The minimum Gasteiger partial charge on any atom is -0.456 e. The summed E-state index contributed by atoms with van der Waals surface area (Å²) in [6.07, 6.45) is 0. The Morgan fingerprint density at radius 2 is 1.86 bits per heavy atom. The lowest BCUT2D eigenvalue weighted by atomic mass is 9.93. The lowest BCUT2D eigenvalue weighted by Gasteiger charge is -2.16. The van der Waals surface area contributed by atoms with Crippen LogP contribution in [-0.4, -0.2) is 18.5 Å². The molecule has 146 valence electrons. The predicted molar refractivity (Wildman–Crippen MR) is 111 cm³/mol. The molecule has 0 fully saturated rings. The van der Waals surface area contributed by atoms with E-state index >= 15 is 0 Å². The molecule has 0 atom stereocenters. The van der Waals surface area contributed by atoms with Crippen molar-refractivity contribution < 1.29 is 13.6 Å². The number of hydrogen-bond acceptors (Lipinski definition) is 4. The fourth-order valence-electron chi connectivity index (χ4n) is 3.22. The Balaban J connectivity index is 1.84. The second kappa shape index (κ2) is 7.93. The number of nitrogens with one attached hydrogen (secondary N) is 3. The summed E-state index contributed by atoms with van der Waals surface area (Å²) in [6.45, 7) is 0.229. The molecule has 0 radical (unpaired) electrons. The van der Waals surface area contributed by atoms with Crippen molar-refractivity contribution >= 4 is 34.2 Å². The maximum absolute atomic E-state index is 13.4. The molecule has 2 aromatic carbocycles. The highest BCUT2D eigenvalue weighted by Crippen LogP contribution is 2.40. The van der Waals surface area contributed by atoms with Gasteiger partial charge in [-0.1, -0.05) is 12.1 Å². The Morgan fingerprint density at radius 1 is 1.07 bits per heavy atom. The van der Waals surface area contributed by atoms with Gasteiger partial charge in [0.05, 0.1) is 12.0 Å². The van der Waals surface area contributed by atoms with Gasteiger partial charge in [0.15, 0.2) is 0 Å². The Morgan fingerprint density at radius 3 is 2.62 bits per heavy atom. The molecule has 2 aliphatic rings. The van der Waals surface area contributed by atoms with Gasteiger partial charge in [0.25, 0.3) is 0 Å². The Labute approximate surface area is 171 Å². The monoisotopic (exact) mass is 409 g/mol. The number of rotatable bonds is 5. The van der Waals surface area contributed by atoms with Gasteiger partial charge in [-0.3, -0.25) is 4.79 Å². The van der Waals surface area contributed by atoms with Gasteiger partial charge in [-0.25, -0.2) is 4.39 Å². The van der Waals surface area contributed by atoms with Gasteiger partial charge in [0.2, 0.25) is 5.91 Å². The first-order valence-electron chi connectivity index (χ1n) is 8.93. The van der Waals surface area contributed by atoms with E-state index in [9.17, 15) is 9.18 Å². The van der Waals surface area contributed by atoms with Crippen molar-refractivity contribution in [2.75, 3.05) is 17.9 Å². The highest BCUT2D eigenvalue weighted by atomic mass is 35.5. The molecule has 0 saturated carbocycles. The lowest BCUT2D eigenvalue weighted by molar-refractivity contribution is -0.118. The van der Waals surface area contributed by atoms with E-state index in [1.165, 1.54) is 12.1 Å². The molecular formula is C22H17ClFN3O2. The third-order valence-corrected chi connectivity index (χ3v) is 4.80. The molecule has 5 nitrogen and oxygen atoms in total. The van der Waals surface area contributed by atoms with Gasteiger partial charge in [-0.2, -0.15) is 0 Å². The van der Waals surface area contributed by atoms with Crippen LogP contribution in [0.3, 0.4) is 0 Å². The summed E-state index contributed by atoms with van der Waals surface area (Å²) in [5, 5.41) is 14.8. The first-order chi connectivity index (χ1) is 14.0. The third-order valence-electron chi connectivity index (χ3n) is 4.55. The van der Waals surface area contributed by atoms with Crippen LogP contribution in [0.15, 0.2) is 65.1 Å². The van der Waals surface area contributed by atoms with Crippen molar-refractivity contribution in [1.82, 2.24) is 5.32 Å². The molecular weight excluding hydrogens is 393 g/mol. The number of anilines is 1. The lowest BCUT2D eigenvalue weighted by Crippen LogP contribution is -2.29. The standard InChI is InChI=1S/C22H17ClFN3O2/c23-11-21(28)27-12-26-16-6-8-18-20(10-16)29-19-9-15(25)5-7-17(19)22(18)13-1-3-14(24)4-2-13/h1-10,25-26H,11-12H2,(H,27,28). The summed E-state index contributed by atoms with van der Waals surface area (Å²) in [5.41, 5.74) is 3.96. The number of hydrogen-bond donors (Lipinski definition) is 3. The van der Waals surface area contributed by atoms with E-state index in [2.05, 4.69) is 10.6 Å². The molecule has 1 amide bonds. The maximum Gasteiger partial charge on any atom is 0.236 e. The molecule has 1 heterocycles. The smallest absolute Gasteiger partial charge is 0.236 e. The van der Waals surface area contributed by atoms with Crippen molar-refractivity contribution in [1.29, 1.82) is 5.41 Å². The van der Waals surface area contributed by atoms with Crippen molar-refractivity contribution in [2.24, 2.45) is 0 Å². The van der Waals surface area contributed by atoms with Crippen LogP contribution in [0.4, 0.5) is 10.1 Å². The molecule has 1 aliphatic heterocycles. The molecule has 1 aliphatic carbocycles. The molecule has 7 heteroatoms. The van der Waals surface area contributed by atoms with E-state index in [1.54, 1.807) is 24.3 Å². The van der Waals surface area contributed by atoms with Gasteiger partial charge in [-0.05, 0) is 42.0 Å². The second-order valence-corrected chi connectivity index (χ2v) is 6.76. The maximum atomic E-state index is 13.4. The number of carbonyl (C=O) groups is 1. The molecule has 0 spiro atoms. The molecule has 29 heavy (non-hydrogen) atoms. The SMILES string of the molecule is N=c1ccc2c(-c3ccc(F)cc3)c3ccc(NCNC(=O)CCl)cc3oc-2c1. The summed E-state index contributed by atoms with van der Waals surface area (Å²) in [6, 6.07) is 17.1. The van der Waals surface area contributed by atoms with Crippen LogP contribution in [-0.2, 0) is 4.79 Å². The first-order valence-corrected chi connectivity index (χ1v) is 9.46. The van der Waals surface area contributed by atoms with E-state index < -0.39 is 0 Å². The zero-order chi connectivity index (χ0) is 20.4. The predicted octanol–water partition coefficient (Wildman–Crippen LogP) is 4.55.